The maximum Gasteiger partial charge on any atom is 0.329 e. The standard InChI is InChI=1S/C15H21NO4S/c1-3-11-8-13(21-10(11)2)15(19)16-6-4-12(5-7-16)20-9-14(17)18/h8,12H,3-7,9H2,1-2H3,(H,17,18). The maximum absolute atomic E-state index is 12.5. The van der Waals surface area contributed by atoms with E-state index in [0.717, 1.165) is 11.3 Å². The Bertz CT molecular complexity index is 518. The topological polar surface area (TPSA) is 66.8 Å². The number of likely N-dealkylation sites (tertiary alicyclic amines) is 1. The van der Waals surface area contributed by atoms with Gasteiger partial charge in [-0.3, -0.25) is 4.79 Å². The Kier molecular flexibility index (Phi) is 5.36. The van der Waals surface area contributed by atoms with E-state index in [1.54, 1.807) is 11.3 Å². The van der Waals surface area contributed by atoms with Gasteiger partial charge in [-0.15, -0.1) is 11.3 Å². The highest BCUT2D eigenvalue weighted by Crippen LogP contribution is 2.25. The lowest BCUT2D eigenvalue weighted by atomic mass is 10.1. The van der Waals surface area contributed by atoms with Gasteiger partial charge < -0.3 is 14.7 Å². The summed E-state index contributed by atoms with van der Waals surface area (Å²) in [6.45, 7) is 5.13. The van der Waals surface area contributed by atoms with Gasteiger partial charge in [0.25, 0.3) is 5.91 Å². The average Bonchev–Trinajstić information content (AvgIpc) is 2.86. The molecule has 0 unspecified atom stereocenters. The Balaban J connectivity index is 1.89. The van der Waals surface area contributed by atoms with Crippen LogP contribution >= 0.6 is 11.3 Å². The Morgan fingerprint density at radius 3 is 2.62 bits per heavy atom. The smallest absolute Gasteiger partial charge is 0.329 e. The number of amides is 1. The van der Waals surface area contributed by atoms with E-state index in [-0.39, 0.29) is 18.6 Å². The van der Waals surface area contributed by atoms with Gasteiger partial charge in [0, 0.05) is 18.0 Å². The summed E-state index contributed by atoms with van der Waals surface area (Å²) in [5.74, 6) is -0.867. The van der Waals surface area contributed by atoms with Gasteiger partial charge >= 0.3 is 5.97 Å². The summed E-state index contributed by atoms with van der Waals surface area (Å²) in [5, 5.41) is 8.60. The third kappa shape index (κ3) is 4.04. The van der Waals surface area contributed by atoms with Gasteiger partial charge in [-0.25, -0.2) is 4.79 Å². The van der Waals surface area contributed by atoms with Gasteiger partial charge in [0.05, 0.1) is 11.0 Å². The molecule has 1 amide bonds. The third-order valence-corrected chi connectivity index (χ3v) is 4.86. The lowest BCUT2D eigenvalue weighted by Gasteiger charge is -2.31. The van der Waals surface area contributed by atoms with Crippen LogP contribution in [0, 0.1) is 6.92 Å². The molecule has 1 saturated heterocycles. The largest absolute Gasteiger partial charge is 0.480 e. The van der Waals surface area contributed by atoms with E-state index in [1.165, 1.54) is 10.4 Å². The molecule has 116 valence electrons. The Morgan fingerprint density at radius 2 is 2.10 bits per heavy atom. The number of carbonyl (C=O) groups excluding carboxylic acids is 1. The van der Waals surface area contributed by atoms with E-state index in [4.69, 9.17) is 9.84 Å². The summed E-state index contributed by atoms with van der Waals surface area (Å²) in [6.07, 6.45) is 2.29. The van der Waals surface area contributed by atoms with Crippen LogP contribution in [0.15, 0.2) is 6.07 Å². The molecular formula is C15H21NO4S. The van der Waals surface area contributed by atoms with Crippen molar-refractivity contribution in [3.05, 3.63) is 21.4 Å². The molecule has 1 aliphatic heterocycles. The van der Waals surface area contributed by atoms with Gasteiger partial charge in [-0.05, 0) is 37.8 Å². The predicted molar refractivity (Wildman–Crippen MR) is 80.9 cm³/mol. The molecule has 0 bridgehead atoms. The van der Waals surface area contributed by atoms with E-state index in [1.807, 2.05) is 17.9 Å². The summed E-state index contributed by atoms with van der Waals surface area (Å²) < 4.78 is 5.28. The predicted octanol–water partition coefficient (Wildman–Crippen LogP) is 2.32. The molecule has 1 aliphatic rings. The fourth-order valence-electron chi connectivity index (χ4n) is 2.55. The highest BCUT2D eigenvalue weighted by molar-refractivity contribution is 7.14. The number of piperidine rings is 1. The molecule has 1 N–H and O–H groups in total. The number of aliphatic carboxylic acids is 1. The number of hydrogen-bond acceptors (Lipinski definition) is 4. The highest BCUT2D eigenvalue weighted by Gasteiger charge is 2.25. The van der Waals surface area contributed by atoms with Crippen molar-refractivity contribution < 1.29 is 19.4 Å². The van der Waals surface area contributed by atoms with Gasteiger partial charge in [0.2, 0.25) is 0 Å². The number of carboxylic acid groups (broad SMARTS) is 1. The van der Waals surface area contributed by atoms with E-state index >= 15 is 0 Å². The van der Waals surface area contributed by atoms with Crippen LogP contribution in [0.1, 0.15) is 39.9 Å². The van der Waals surface area contributed by atoms with Crippen LogP contribution in [-0.2, 0) is 16.0 Å². The summed E-state index contributed by atoms with van der Waals surface area (Å²) >= 11 is 1.56. The van der Waals surface area contributed by atoms with E-state index in [2.05, 4.69) is 6.92 Å². The van der Waals surface area contributed by atoms with E-state index < -0.39 is 5.97 Å². The molecule has 21 heavy (non-hydrogen) atoms. The van der Waals surface area contributed by atoms with Crippen LogP contribution in [0.5, 0.6) is 0 Å². The number of nitrogens with zero attached hydrogens (tertiary/aromatic N) is 1. The quantitative estimate of drug-likeness (QED) is 0.906. The molecule has 0 atom stereocenters. The second-order valence-corrected chi connectivity index (χ2v) is 6.50. The molecule has 1 aromatic rings. The minimum absolute atomic E-state index is 0.0542. The molecule has 0 aliphatic carbocycles. The van der Waals surface area contributed by atoms with Crippen molar-refractivity contribution >= 4 is 23.2 Å². The molecule has 5 nitrogen and oxygen atoms in total. The lowest BCUT2D eigenvalue weighted by molar-refractivity contribution is -0.145. The van der Waals surface area contributed by atoms with Crippen molar-refractivity contribution in [3.63, 3.8) is 0 Å². The lowest BCUT2D eigenvalue weighted by Crippen LogP contribution is -2.41. The van der Waals surface area contributed by atoms with Gasteiger partial charge in [-0.1, -0.05) is 6.92 Å². The first-order valence-corrected chi connectivity index (χ1v) is 8.05. The number of aryl methyl sites for hydroxylation is 2. The first kappa shape index (κ1) is 16.0. The zero-order chi connectivity index (χ0) is 15.4. The van der Waals surface area contributed by atoms with Gasteiger partial charge in [-0.2, -0.15) is 0 Å². The van der Waals surface area contributed by atoms with Crippen molar-refractivity contribution in [1.82, 2.24) is 4.90 Å². The molecule has 6 heteroatoms. The molecule has 1 fully saturated rings. The second kappa shape index (κ2) is 7.04. The monoisotopic (exact) mass is 311 g/mol. The first-order chi connectivity index (χ1) is 10.0. The molecule has 1 aromatic heterocycles. The fraction of sp³-hybridized carbons (Fsp3) is 0.600. The maximum atomic E-state index is 12.5. The van der Waals surface area contributed by atoms with Crippen molar-refractivity contribution in [1.29, 1.82) is 0 Å². The van der Waals surface area contributed by atoms with E-state index in [9.17, 15) is 9.59 Å². The zero-order valence-electron chi connectivity index (χ0n) is 12.4. The molecular weight excluding hydrogens is 290 g/mol. The molecule has 0 spiro atoms. The highest BCUT2D eigenvalue weighted by atomic mass is 32.1. The van der Waals surface area contributed by atoms with Crippen LogP contribution in [0.4, 0.5) is 0 Å². The number of ether oxygens (including phenoxy) is 1. The normalized spacial score (nSPS) is 16.2. The SMILES string of the molecule is CCc1cc(C(=O)N2CCC(OCC(=O)O)CC2)sc1C. The first-order valence-electron chi connectivity index (χ1n) is 7.23. The van der Waals surface area contributed by atoms with Crippen molar-refractivity contribution in [2.24, 2.45) is 0 Å². The van der Waals surface area contributed by atoms with Crippen LogP contribution < -0.4 is 0 Å². The van der Waals surface area contributed by atoms with Crippen molar-refractivity contribution in [3.8, 4) is 0 Å². The molecule has 0 aromatic carbocycles. The van der Waals surface area contributed by atoms with Gasteiger partial charge in [0.15, 0.2) is 0 Å². The Hall–Kier alpha value is -1.40. The molecule has 0 radical (unpaired) electrons. The number of carboxylic acids is 1. The van der Waals surface area contributed by atoms with E-state index in [0.29, 0.717) is 25.9 Å². The molecule has 0 saturated carbocycles. The van der Waals surface area contributed by atoms with Crippen LogP contribution in [0.25, 0.3) is 0 Å². The summed E-state index contributed by atoms with van der Waals surface area (Å²) in [4.78, 5) is 26.8. The van der Waals surface area contributed by atoms with Crippen molar-refractivity contribution in [2.75, 3.05) is 19.7 Å². The number of rotatable bonds is 5. The second-order valence-electron chi connectivity index (χ2n) is 5.24. The minimum atomic E-state index is -0.949. The number of carbonyl (C=O) groups is 2. The van der Waals surface area contributed by atoms with Crippen LogP contribution in [0.3, 0.4) is 0 Å². The fourth-order valence-corrected chi connectivity index (χ4v) is 3.63. The van der Waals surface area contributed by atoms with Crippen LogP contribution in [0.2, 0.25) is 0 Å². The average molecular weight is 311 g/mol. The van der Waals surface area contributed by atoms with Crippen molar-refractivity contribution in [2.45, 2.75) is 39.2 Å². The number of hydrogen-bond donors (Lipinski definition) is 1. The minimum Gasteiger partial charge on any atom is -0.480 e. The van der Waals surface area contributed by atoms with Crippen LogP contribution in [-0.4, -0.2) is 47.7 Å². The number of thiophene rings is 1. The Morgan fingerprint density at radius 1 is 1.43 bits per heavy atom. The van der Waals surface area contributed by atoms with Gasteiger partial charge in [0.1, 0.15) is 6.61 Å². The molecule has 2 heterocycles. The molecule has 2 rings (SSSR count). The summed E-state index contributed by atoms with van der Waals surface area (Å²) in [5.41, 5.74) is 1.24. The zero-order valence-corrected chi connectivity index (χ0v) is 13.2. The Labute approximate surface area is 128 Å². The summed E-state index contributed by atoms with van der Waals surface area (Å²) in [6, 6.07) is 2.00. The third-order valence-electron chi connectivity index (χ3n) is 3.78. The summed E-state index contributed by atoms with van der Waals surface area (Å²) in [7, 11) is 0.